The first-order chi connectivity index (χ1) is 14.7. The van der Waals surface area contributed by atoms with Gasteiger partial charge in [0.15, 0.2) is 0 Å². The largest absolute Gasteiger partial charge is 0.459 e. The molecule has 2 aliphatic heterocycles. The maximum Gasteiger partial charge on any atom is 0.307 e. The van der Waals surface area contributed by atoms with Crippen molar-refractivity contribution in [2.24, 2.45) is 5.92 Å². The standard InChI is InChI=1S/C23H29BrN2O5/c1-23(2,14-24)31-19(27)13-15-7-3-4-8-16(25-20(15)28)11-12-26-21(29)17-9-5-6-10-18(17)22(26)30/h5-6,9-10,15-16H,3-4,7-8,11-14H2,1-2H3,(H,25,28). The van der Waals surface area contributed by atoms with Crippen molar-refractivity contribution in [3.63, 3.8) is 0 Å². The van der Waals surface area contributed by atoms with Gasteiger partial charge in [-0.2, -0.15) is 0 Å². The molecule has 1 aromatic carbocycles. The molecule has 2 heterocycles. The Morgan fingerprint density at radius 2 is 1.74 bits per heavy atom. The number of alkyl halides is 1. The van der Waals surface area contributed by atoms with Gasteiger partial charge in [-0.05, 0) is 45.2 Å². The lowest BCUT2D eigenvalue weighted by atomic mass is 9.92. The van der Waals surface area contributed by atoms with E-state index < -0.39 is 11.5 Å². The summed E-state index contributed by atoms with van der Waals surface area (Å²) in [5.74, 6) is -1.55. The maximum atomic E-state index is 12.8. The first-order valence-corrected chi connectivity index (χ1v) is 11.9. The highest BCUT2D eigenvalue weighted by atomic mass is 79.9. The molecule has 0 aliphatic carbocycles. The Bertz CT molecular complexity index is 834. The van der Waals surface area contributed by atoms with Crippen molar-refractivity contribution in [2.75, 3.05) is 11.9 Å². The number of esters is 1. The fourth-order valence-electron chi connectivity index (χ4n) is 4.02. The van der Waals surface area contributed by atoms with Gasteiger partial charge in [-0.3, -0.25) is 24.1 Å². The summed E-state index contributed by atoms with van der Waals surface area (Å²) >= 11 is 3.32. The van der Waals surface area contributed by atoms with Gasteiger partial charge in [0.2, 0.25) is 5.91 Å². The number of hydrogen-bond donors (Lipinski definition) is 1. The van der Waals surface area contributed by atoms with E-state index in [2.05, 4.69) is 21.2 Å². The van der Waals surface area contributed by atoms with Crippen LogP contribution in [0.25, 0.3) is 0 Å². The van der Waals surface area contributed by atoms with Gasteiger partial charge in [-0.25, -0.2) is 0 Å². The third-order valence-electron chi connectivity index (χ3n) is 5.78. The van der Waals surface area contributed by atoms with Crippen molar-refractivity contribution in [3.05, 3.63) is 35.4 Å². The monoisotopic (exact) mass is 492 g/mol. The van der Waals surface area contributed by atoms with Gasteiger partial charge < -0.3 is 10.1 Å². The molecule has 0 saturated carbocycles. The second-order valence-electron chi connectivity index (χ2n) is 8.85. The number of fused-ring (bicyclic) bond motifs is 1. The molecule has 7 nitrogen and oxygen atoms in total. The smallest absolute Gasteiger partial charge is 0.307 e. The average Bonchev–Trinajstić information content (AvgIpc) is 2.97. The van der Waals surface area contributed by atoms with Gasteiger partial charge in [0.1, 0.15) is 5.60 Å². The van der Waals surface area contributed by atoms with Crippen LogP contribution in [-0.4, -0.2) is 52.1 Å². The molecule has 0 bridgehead atoms. The Kier molecular flexibility index (Phi) is 7.51. The van der Waals surface area contributed by atoms with E-state index in [-0.39, 0.29) is 42.7 Å². The lowest BCUT2D eigenvalue weighted by molar-refractivity contribution is -0.157. The molecule has 1 N–H and O–H groups in total. The van der Waals surface area contributed by atoms with Crippen LogP contribution < -0.4 is 5.32 Å². The quantitative estimate of drug-likeness (QED) is 0.357. The zero-order valence-corrected chi connectivity index (χ0v) is 19.6. The van der Waals surface area contributed by atoms with Gasteiger partial charge in [-0.1, -0.05) is 40.9 Å². The van der Waals surface area contributed by atoms with Crippen LogP contribution in [0.4, 0.5) is 0 Å². The van der Waals surface area contributed by atoms with Crippen molar-refractivity contribution in [3.8, 4) is 0 Å². The summed E-state index contributed by atoms with van der Waals surface area (Å²) < 4.78 is 5.46. The number of carbonyl (C=O) groups excluding carboxylic acids is 4. The van der Waals surface area contributed by atoms with Crippen molar-refractivity contribution in [1.29, 1.82) is 0 Å². The Hall–Kier alpha value is -2.22. The first kappa shape index (κ1) is 23.4. The fourth-order valence-corrected chi connectivity index (χ4v) is 4.13. The SMILES string of the molecule is CC(C)(CBr)OC(=O)CC1CCCCC(CCN2C(=O)c3ccccc3C2=O)NC1=O. The number of nitrogens with zero attached hydrogens (tertiary/aromatic N) is 1. The van der Waals surface area contributed by atoms with E-state index in [1.54, 1.807) is 24.3 Å². The normalized spacial score (nSPS) is 21.9. The minimum Gasteiger partial charge on any atom is -0.459 e. The van der Waals surface area contributed by atoms with Gasteiger partial charge in [0.05, 0.1) is 17.5 Å². The Labute approximate surface area is 191 Å². The molecule has 1 fully saturated rings. The summed E-state index contributed by atoms with van der Waals surface area (Å²) in [6, 6.07) is 6.66. The molecule has 1 aromatic rings. The molecule has 0 spiro atoms. The summed E-state index contributed by atoms with van der Waals surface area (Å²) in [5, 5.41) is 3.54. The second kappa shape index (κ2) is 9.94. The topological polar surface area (TPSA) is 92.8 Å². The predicted molar refractivity (Wildman–Crippen MR) is 119 cm³/mol. The zero-order valence-electron chi connectivity index (χ0n) is 18.0. The predicted octanol–water partition coefficient (Wildman–Crippen LogP) is 3.45. The summed E-state index contributed by atoms with van der Waals surface area (Å²) in [6.07, 6.45) is 3.71. The van der Waals surface area contributed by atoms with Gasteiger partial charge in [0, 0.05) is 23.8 Å². The summed E-state index contributed by atoms with van der Waals surface area (Å²) in [5.41, 5.74) is 0.239. The Morgan fingerprint density at radius 3 is 2.35 bits per heavy atom. The van der Waals surface area contributed by atoms with Crippen molar-refractivity contribution in [2.45, 2.75) is 64.0 Å². The highest BCUT2D eigenvalue weighted by Crippen LogP contribution is 2.25. The molecular formula is C23H29BrN2O5. The van der Waals surface area contributed by atoms with Gasteiger partial charge >= 0.3 is 5.97 Å². The zero-order chi connectivity index (χ0) is 22.6. The summed E-state index contributed by atoms with van der Waals surface area (Å²) in [7, 11) is 0. The van der Waals surface area contributed by atoms with E-state index in [0.29, 0.717) is 29.3 Å². The molecular weight excluding hydrogens is 464 g/mol. The average molecular weight is 493 g/mol. The van der Waals surface area contributed by atoms with Crippen LogP contribution in [0.15, 0.2) is 24.3 Å². The number of amides is 3. The van der Waals surface area contributed by atoms with E-state index in [4.69, 9.17) is 4.74 Å². The van der Waals surface area contributed by atoms with Crippen molar-refractivity contribution >= 4 is 39.6 Å². The van der Waals surface area contributed by atoms with Crippen LogP contribution in [0, 0.1) is 5.92 Å². The fraction of sp³-hybridized carbons (Fsp3) is 0.565. The Morgan fingerprint density at radius 1 is 1.13 bits per heavy atom. The number of nitrogens with one attached hydrogen (secondary N) is 1. The van der Waals surface area contributed by atoms with Crippen molar-refractivity contribution < 1.29 is 23.9 Å². The molecule has 8 heteroatoms. The highest BCUT2D eigenvalue weighted by molar-refractivity contribution is 9.09. The summed E-state index contributed by atoms with van der Waals surface area (Å²) in [4.78, 5) is 51.4. The Balaban J connectivity index is 1.56. The molecule has 3 rings (SSSR count). The van der Waals surface area contributed by atoms with Crippen LogP contribution in [0.5, 0.6) is 0 Å². The molecule has 168 valence electrons. The minimum atomic E-state index is -0.621. The molecule has 2 aliphatic rings. The number of halogens is 1. The molecule has 0 aromatic heterocycles. The molecule has 1 saturated heterocycles. The molecule has 31 heavy (non-hydrogen) atoms. The number of imide groups is 1. The van der Waals surface area contributed by atoms with Crippen LogP contribution in [0.1, 0.15) is 73.1 Å². The summed E-state index contributed by atoms with van der Waals surface area (Å²) in [6.45, 7) is 3.88. The van der Waals surface area contributed by atoms with Gasteiger partial charge in [0.25, 0.3) is 11.8 Å². The molecule has 2 unspecified atom stereocenters. The van der Waals surface area contributed by atoms with E-state index in [1.165, 1.54) is 4.90 Å². The molecule has 2 atom stereocenters. The van der Waals surface area contributed by atoms with E-state index in [9.17, 15) is 19.2 Å². The van der Waals surface area contributed by atoms with Crippen LogP contribution in [0.3, 0.4) is 0 Å². The molecule has 3 amide bonds. The maximum absolute atomic E-state index is 12.8. The van der Waals surface area contributed by atoms with Gasteiger partial charge in [-0.15, -0.1) is 0 Å². The third-order valence-corrected chi connectivity index (χ3v) is 7.13. The van der Waals surface area contributed by atoms with E-state index >= 15 is 0 Å². The molecule has 0 radical (unpaired) electrons. The highest BCUT2D eigenvalue weighted by Gasteiger charge is 2.35. The number of benzene rings is 1. The van der Waals surface area contributed by atoms with E-state index in [1.807, 2.05) is 13.8 Å². The van der Waals surface area contributed by atoms with Crippen LogP contribution in [0.2, 0.25) is 0 Å². The second-order valence-corrected chi connectivity index (χ2v) is 9.42. The minimum absolute atomic E-state index is 0.0490. The number of rotatable bonds is 7. The first-order valence-electron chi connectivity index (χ1n) is 10.8. The number of carbonyl (C=O) groups is 4. The number of hydrogen-bond acceptors (Lipinski definition) is 5. The van der Waals surface area contributed by atoms with Crippen molar-refractivity contribution in [1.82, 2.24) is 10.2 Å². The van der Waals surface area contributed by atoms with E-state index in [0.717, 1.165) is 19.3 Å². The lowest BCUT2D eigenvalue weighted by Crippen LogP contribution is -2.43. The lowest BCUT2D eigenvalue weighted by Gasteiger charge is -2.28. The number of ether oxygens (including phenoxy) is 1. The van der Waals surface area contributed by atoms with Crippen LogP contribution in [-0.2, 0) is 14.3 Å². The van der Waals surface area contributed by atoms with Crippen LogP contribution >= 0.6 is 15.9 Å². The third kappa shape index (κ3) is 5.73.